The van der Waals surface area contributed by atoms with E-state index < -0.39 is 12.0 Å². The molecule has 0 atom stereocenters. The van der Waals surface area contributed by atoms with Gasteiger partial charge in [-0.15, -0.1) is 5.10 Å². The highest BCUT2D eigenvalue weighted by atomic mass is 35.5. The molecule has 0 amide bonds. The van der Waals surface area contributed by atoms with Gasteiger partial charge in [0.2, 0.25) is 5.88 Å². The summed E-state index contributed by atoms with van der Waals surface area (Å²) in [6.07, 6.45) is -3.22. The number of alkyl halides is 3. The second-order valence-electron chi connectivity index (χ2n) is 4.28. The predicted octanol–water partition coefficient (Wildman–Crippen LogP) is 3.29. The van der Waals surface area contributed by atoms with Gasteiger partial charge in [0.1, 0.15) is 0 Å². The number of rotatable bonds is 2. The van der Waals surface area contributed by atoms with E-state index in [1.165, 1.54) is 18.3 Å². The van der Waals surface area contributed by atoms with E-state index in [9.17, 15) is 13.2 Å². The quantitative estimate of drug-likeness (QED) is 0.675. The predicted molar refractivity (Wildman–Crippen MR) is 69.8 cm³/mol. The Morgan fingerprint density at radius 2 is 2.05 bits per heavy atom. The average Bonchev–Trinajstić information content (AvgIpc) is 2.85. The van der Waals surface area contributed by atoms with Gasteiger partial charge in [0, 0.05) is 18.0 Å². The van der Waals surface area contributed by atoms with E-state index in [1.807, 2.05) is 0 Å². The smallest absolute Gasteiger partial charge is 0.436 e. The highest BCUT2D eigenvalue weighted by Gasteiger charge is 2.37. The van der Waals surface area contributed by atoms with Crippen LogP contribution >= 0.6 is 11.6 Å². The summed E-state index contributed by atoms with van der Waals surface area (Å²) in [6, 6.07) is 4.53. The third kappa shape index (κ3) is 2.67. The first kappa shape index (κ1) is 14.5. The molecule has 0 aliphatic rings. The molecule has 0 unspecified atom stereocenters. The van der Waals surface area contributed by atoms with E-state index >= 15 is 0 Å². The molecule has 3 heterocycles. The van der Waals surface area contributed by atoms with Crippen molar-refractivity contribution in [2.45, 2.75) is 13.1 Å². The van der Waals surface area contributed by atoms with Crippen LogP contribution in [0.15, 0.2) is 24.4 Å². The second kappa shape index (κ2) is 5.09. The Hall–Kier alpha value is -2.42. The van der Waals surface area contributed by atoms with Gasteiger partial charge in [-0.25, -0.2) is 9.97 Å². The molecule has 3 rings (SSSR count). The molecule has 6 nitrogen and oxygen atoms in total. The summed E-state index contributed by atoms with van der Waals surface area (Å²) >= 11 is 5.87. The summed E-state index contributed by atoms with van der Waals surface area (Å²) in [4.78, 5) is 11.1. The molecule has 0 radical (unpaired) electrons. The lowest BCUT2D eigenvalue weighted by molar-refractivity contribution is -0.144. The highest BCUT2D eigenvalue weighted by Crippen LogP contribution is 2.30. The first-order chi connectivity index (χ1) is 10.3. The number of halogens is 4. The maximum absolute atomic E-state index is 12.7. The van der Waals surface area contributed by atoms with Gasteiger partial charge in [0.25, 0.3) is 11.6 Å². The van der Waals surface area contributed by atoms with E-state index in [4.69, 9.17) is 16.3 Å². The van der Waals surface area contributed by atoms with Crippen LogP contribution in [0, 0.1) is 6.92 Å². The van der Waals surface area contributed by atoms with Gasteiger partial charge in [-0.3, -0.25) is 0 Å². The molecular weight excluding hydrogens is 323 g/mol. The van der Waals surface area contributed by atoms with Crippen LogP contribution in [0.2, 0.25) is 5.15 Å². The monoisotopic (exact) mass is 329 g/mol. The van der Waals surface area contributed by atoms with Gasteiger partial charge >= 0.3 is 6.18 Å². The molecule has 3 aromatic heterocycles. The summed E-state index contributed by atoms with van der Waals surface area (Å²) in [6.45, 7) is 1.60. The Balaban J connectivity index is 2.13. The van der Waals surface area contributed by atoms with E-state index in [0.29, 0.717) is 5.69 Å². The van der Waals surface area contributed by atoms with Gasteiger partial charge < -0.3 is 4.74 Å². The third-order valence-corrected chi connectivity index (χ3v) is 2.88. The lowest BCUT2D eigenvalue weighted by atomic mass is 10.4. The molecule has 0 aliphatic carbocycles. The molecule has 0 saturated carbocycles. The summed E-state index contributed by atoms with van der Waals surface area (Å²) in [7, 11) is 0. The molecule has 0 bridgehead atoms. The summed E-state index contributed by atoms with van der Waals surface area (Å²) in [5.74, 6) is -1.34. The normalized spacial score (nSPS) is 11.9. The van der Waals surface area contributed by atoms with Crippen molar-refractivity contribution in [3.05, 3.63) is 41.1 Å². The zero-order valence-corrected chi connectivity index (χ0v) is 11.7. The van der Waals surface area contributed by atoms with Crippen molar-refractivity contribution in [1.29, 1.82) is 0 Å². The Morgan fingerprint density at radius 3 is 2.73 bits per heavy atom. The molecule has 0 spiro atoms. The molecule has 0 fully saturated rings. The molecular formula is C12H7ClF3N5O. The lowest BCUT2D eigenvalue weighted by Gasteiger charge is -2.08. The van der Waals surface area contributed by atoms with Gasteiger partial charge in [0.15, 0.2) is 10.9 Å². The number of ether oxygens (including phenoxy) is 1. The van der Waals surface area contributed by atoms with Crippen LogP contribution < -0.4 is 4.74 Å². The Kier molecular flexibility index (Phi) is 3.36. The number of nitrogens with zero attached hydrogens (tertiary/aromatic N) is 5. The minimum Gasteiger partial charge on any atom is -0.436 e. The third-order valence-electron chi connectivity index (χ3n) is 2.60. The van der Waals surface area contributed by atoms with Crippen molar-refractivity contribution in [3.8, 4) is 11.6 Å². The Labute approximate surface area is 126 Å². The van der Waals surface area contributed by atoms with Crippen LogP contribution in [0.4, 0.5) is 13.2 Å². The number of aromatic nitrogens is 5. The maximum Gasteiger partial charge on any atom is 0.453 e. The van der Waals surface area contributed by atoms with Crippen LogP contribution in [-0.2, 0) is 6.18 Å². The fourth-order valence-corrected chi connectivity index (χ4v) is 1.86. The number of pyridine rings is 1. The summed E-state index contributed by atoms with van der Waals surface area (Å²) in [5, 5.41) is 3.45. The van der Waals surface area contributed by atoms with Crippen molar-refractivity contribution in [1.82, 2.24) is 24.6 Å². The standard InChI is InChI=1S/C12H7ClF3N5O/c1-6-5-8(22-7-3-2-4-17-9(7)13)21-11(18-6)19-10(20-21)12(14,15)16/h2-5H,1H3. The molecule has 3 aromatic rings. The maximum atomic E-state index is 12.7. The molecule has 22 heavy (non-hydrogen) atoms. The number of fused-ring (bicyclic) bond motifs is 1. The highest BCUT2D eigenvalue weighted by molar-refractivity contribution is 6.30. The van der Waals surface area contributed by atoms with Gasteiger partial charge in [-0.2, -0.15) is 22.7 Å². The van der Waals surface area contributed by atoms with E-state index in [0.717, 1.165) is 4.52 Å². The molecule has 10 heteroatoms. The minimum absolute atomic E-state index is 0.000370. The van der Waals surface area contributed by atoms with Crippen molar-refractivity contribution >= 4 is 17.4 Å². The molecule has 0 aromatic carbocycles. The molecule has 114 valence electrons. The second-order valence-corrected chi connectivity index (χ2v) is 4.63. The zero-order chi connectivity index (χ0) is 15.9. The van der Waals surface area contributed by atoms with Crippen molar-refractivity contribution in [2.24, 2.45) is 0 Å². The first-order valence-electron chi connectivity index (χ1n) is 5.94. The number of hydrogen-bond donors (Lipinski definition) is 0. The van der Waals surface area contributed by atoms with Crippen molar-refractivity contribution in [3.63, 3.8) is 0 Å². The van der Waals surface area contributed by atoms with Crippen molar-refractivity contribution < 1.29 is 17.9 Å². The Bertz CT molecular complexity index is 848. The van der Waals surface area contributed by atoms with E-state index in [2.05, 4.69) is 20.1 Å². The van der Waals surface area contributed by atoms with Gasteiger partial charge in [0.05, 0.1) is 0 Å². The van der Waals surface area contributed by atoms with Crippen LogP contribution in [0.3, 0.4) is 0 Å². The molecule has 0 aliphatic heterocycles. The van der Waals surface area contributed by atoms with Gasteiger partial charge in [-0.1, -0.05) is 11.6 Å². The van der Waals surface area contributed by atoms with Crippen molar-refractivity contribution in [2.75, 3.05) is 0 Å². The first-order valence-corrected chi connectivity index (χ1v) is 6.32. The largest absolute Gasteiger partial charge is 0.453 e. The van der Waals surface area contributed by atoms with E-state index in [1.54, 1.807) is 13.0 Å². The summed E-state index contributed by atoms with van der Waals surface area (Å²) in [5.41, 5.74) is 0.420. The topological polar surface area (TPSA) is 65.2 Å². The van der Waals surface area contributed by atoms with Crippen LogP contribution in [0.25, 0.3) is 5.78 Å². The van der Waals surface area contributed by atoms with Crippen LogP contribution in [0.1, 0.15) is 11.5 Å². The van der Waals surface area contributed by atoms with Crippen LogP contribution in [0.5, 0.6) is 11.6 Å². The van der Waals surface area contributed by atoms with Crippen LogP contribution in [-0.4, -0.2) is 24.6 Å². The lowest BCUT2D eigenvalue weighted by Crippen LogP contribution is -2.08. The number of aryl methyl sites for hydroxylation is 1. The zero-order valence-electron chi connectivity index (χ0n) is 11.0. The average molecular weight is 330 g/mol. The SMILES string of the molecule is Cc1cc(Oc2cccnc2Cl)n2nc(C(F)(F)F)nc2n1. The number of hydrogen-bond acceptors (Lipinski definition) is 5. The van der Waals surface area contributed by atoms with E-state index in [-0.39, 0.29) is 22.6 Å². The minimum atomic E-state index is -4.68. The Morgan fingerprint density at radius 1 is 1.27 bits per heavy atom. The molecule has 0 N–H and O–H groups in total. The fraction of sp³-hybridized carbons (Fsp3) is 0.167. The fourth-order valence-electron chi connectivity index (χ4n) is 1.71. The summed E-state index contributed by atoms with van der Waals surface area (Å²) < 4.78 is 44.5. The molecule has 0 saturated heterocycles. The van der Waals surface area contributed by atoms with Gasteiger partial charge in [-0.05, 0) is 19.1 Å².